The second-order valence-electron chi connectivity index (χ2n) is 11.2. The molecule has 2 N–H and O–H groups in total. The number of carboxylic acids is 1. The molecule has 7 nitrogen and oxygen atoms in total. The first-order chi connectivity index (χ1) is 16.7. The van der Waals surface area contributed by atoms with Crippen molar-refractivity contribution in [2.75, 3.05) is 7.11 Å². The van der Waals surface area contributed by atoms with Crippen molar-refractivity contribution in [1.82, 2.24) is 0 Å². The molecule has 2 unspecified atom stereocenters. The zero-order valence-electron chi connectivity index (χ0n) is 21.8. The Hall–Kier alpha value is -2.13. The summed E-state index contributed by atoms with van der Waals surface area (Å²) in [5.74, 6) is -3.34. The third-order valence-corrected chi connectivity index (χ3v) is 9.67. The van der Waals surface area contributed by atoms with Crippen molar-refractivity contribution in [3.8, 4) is 0 Å². The van der Waals surface area contributed by atoms with E-state index in [4.69, 9.17) is 4.74 Å². The van der Waals surface area contributed by atoms with Crippen molar-refractivity contribution < 1.29 is 42.9 Å². The molecule has 36 heavy (non-hydrogen) atoms. The number of carboxylic acid groups (broad SMARTS) is 1. The fraction of sp³-hybridized carbons (Fsp3) is 0.741. The molecule has 0 radical (unpaired) electrons. The third-order valence-electron chi connectivity index (χ3n) is 9.67. The zero-order chi connectivity index (χ0) is 27.3. The van der Waals surface area contributed by atoms with Gasteiger partial charge in [0.2, 0.25) is 0 Å². The Balaban J connectivity index is 0.000000454. The highest BCUT2D eigenvalue weighted by molar-refractivity contribution is 6.01. The van der Waals surface area contributed by atoms with E-state index in [1.807, 2.05) is 13.8 Å². The summed E-state index contributed by atoms with van der Waals surface area (Å²) in [5.41, 5.74) is -6.24. The summed E-state index contributed by atoms with van der Waals surface area (Å²) in [5, 5.41) is 21.2. The Morgan fingerprint density at radius 3 is 2.44 bits per heavy atom. The van der Waals surface area contributed by atoms with E-state index in [1.54, 1.807) is 13.8 Å². The van der Waals surface area contributed by atoms with Gasteiger partial charge >= 0.3 is 5.97 Å². The number of halogens is 2. The van der Waals surface area contributed by atoms with Crippen LogP contribution in [0.15, 0.2) is 23.8 Å². The van der Waals surface area contributed by atoms with Gasteiger partial charge in [0.25, 0.3) is 6.47 Å². The molecule has 4 aliphatic carbocycles. The summed E-state index contributed by atoms with van der Waals surface area (Å²) < 4.78 is 42.3. The maximum absolute atomic E-state index is 16.9. The molecule has 3 fully saturated rings. The minimum Gasteiger partial charge on any atom is -0.479 e. The summed E-state index contributed by atoms with van der Waals surface area (Å²) in [7, 11) is 1.33. The van der Waals surface area contributed by atoms with E-state index in [1.165, 1.54) is 26.2 Å². The second-order valence-corrected chi connectivity index (χ2v) is 11.2. The van der Waals surface area contributed by atoms with Crippen LogP contribution in [0.2, 0.25) is 0 Å². The Morgan fingerprint density at radius 2 is 1.94 bits per heavy atom. The Morgan fingerprint density at radius 1 is 1.31 bits per heavy atom. The molecule has 10 atom stereocenters. The lowest BCUT2D eigenvalue weighted by atomic mass is 9.44. The van der Waals surface area contributed by atoms with Gasteiger partial charge in [-0.2, -0.15) is 0 Å². The minimum absolute atomic E-state index is 0.0636. The van der Waals surface area contributed by atoms with Crippen molar-refractivity contribution in [3.63, 3.8) is 0 Å². The van der Waals surface area contributed by atoms with Crippen LogP contribution in [0.1, 0.15) is 60.3 Å². The SMILES string of the molecule is CCC(C)OC=O.CO[C@]1(C(=O)O)[C@H](C)CC2[C@@H]3C[C@H](F)C4=CC(=O)C=C[C@]4(C)[C@@]3(F)[C@@H](O)C[C@@]21C. The maximum atomic E-state index is 16.9. The van der Waals surface area contributed by atoms with Gasteiger partial charge in [0, 0.05) is 23.9 Å². The lowest BCUT2D eigenvalue weighted by molar-refractivity contribution is -0.234. The molecule has 4 aliphatic rings. The van der Waals surface area contributed by atoms with Gasteiger partial charge < -0.3 is 19.7 Å². The van der Waals surface area contributed by atoms with Crippen molar-refractivity contribution in [3.05, 3.63) is 23.8 Å². The van der Waals surface area contributed by atoms with Gasteiger partial charge in [-0.05, 0) is 69.1 Å². The quantitative estimate of drug-likeness (QED) is 0.536. The monoisotopic (exact) mass is 512 g/mol. The van der Waals surface area contributed by atoms with Crippen molar-refractivity contribution >= 4 is 18.2 Å². The molecule has 0 aromatic carbocycles. The Labute approximate surface area is 210 Å². The molecule has 0 amide bonds. The minimum atomic E-state index is -2.20. The lowest BCUT2D eigenvalue weighted by Gasteiger charge is -2.63. The molecule has 0 aliphatic heterocycles. The number of aliphatic carboxylic acids is 1. The number of alkyl halides is 2. The molecule has 0 aromatic rings. The summed E-state index contributed by atoms with van der Waals surface area (Å²) in [4.78, 5) is 33.7. The number of aliphatic hydroxyl groups is 1. The molecule has 0 heterocycles. The van der Waals surface area contributed by atoms with Gasteiger partial charge in [0.05, 0.1) is 12.2 Å². The summed E-state index contributed by atoms with van der Waals surface area (Å²) in [6, 6.07) is 0. The number of carbonyl (C=O) groups is 3. The average molecular weight is 513 g/mol. The van der Waals surface area contributed by atoms with Gasteiger partial charge in [-0.15, -0.1) is 0 Å². The molecule has 202 valence electrons. The Kier molecular flexibility index (Phi) is 7.61. The lowest BCUT2D eigenvalue weighted by Crippen LogP contribution is -2.70. The first-order valence-electron chi connectivity index (χ1n) is 12.5. The summed E-state index contributed by atoms with van der Waals surface area (Å²) in [6.07, 6.45) is 1.74. The normalized spacial score (nSPS) is 45.8. The van der Waals surface area contributed by atoms with Crippen LogP contribution in [-0.2, 0) is 23.9 Å². The van der Waals surface area contributed by atoms with E-state index in [2.05, 4.69) is 4.74 Å². The van der Waals surface area contributed by atoms with Crippen LogP contribution in [0.25, 0.3) is 0 Å². The van der Waals surface area contributed by atoms with E-state index in [0.717, 1.165) is 12.5 Å². The van der Waals surface area contributed by atoms with Crippen molar-refractivity contribution in [2.45, 2.75) is 90.0 Å². The van der Waals surface area contributed by atoms with Crippen LogP contribution in [0.3, 0.4) is 0 Å². The number of rotatable bonds is 5. The number of hydrogen-bond donors (Lipinski definition) is 2. The van der Waals surface area contributed by atoms with E-state index in [9.17, 15) is 24.6 Å². The number of hydrogen-bond acceptors (Lipinski definition) is 6. The van der Waals surface area contributed by atoms with E-state index in [-0.39, 0.29) is 24.5 Å². The molecular weight excluding hydrogens is 474 g/mol. The van der Waals surface area contributed by atoms with Crippen molar-refractivity contribution in [1.29, 1.82) is 0 Å². The average Bonchev–Trinajstić information content (AvgIpc) is 3.04. The predicted octanol–water partition coefficient (Wildman–Crippen LogP) is 3.98. The van der Waals surface area contributed by atoms with Crippen LogP contribution >= 0.6 is 0 Å². The number of ether oxygens (including phenoxy) is 2. The molecule has 4 rings (SSSR count). The fourth-order valence-electron chi connectivity index (χ4n) is 7.69. The summed E-state index contributed by atoms with van der Waals surface area (Å²) >= 11 is 0. The van der Waals surface area contributed by atoms with Gasteiger partial charge in [-0.1, -0.05) is 26.8 Å². The molecular formula is C27H38F2O7. The fourth-order valence-corrected chi connectivity index (χ4v) is 7.69. The number of methoxy groups -OCH3 is 1. The zero-order valence-corrected chi connectivity index (χ0v) is 21.8. The summed E-state index contributed by atoms with van der Waals surface area (Å²) in [6.45, 7) is 9.32. The molecule has 0 aromatic heterocycles. The molecule has 9 heteroatoms. The molecule has 0 saturated heterocycles. The Bertz CT molecular complexity index is 966. The predicted molar refractivity (Wildman–Crippen MR) is 127 cm³/mol. The van der Waals surface area contributed by atoms with Gasteiger partial charge in [0.15, 0.2) is 17.1 Å². The number of allylic oxidation sites excluding steroid dienone is 4. The molecule has 3 saturated carbocycles. The number of aliphatic hydroxyl groups excluding tert-OH is 1. The first-order valence-corrected chi connectivity index (χ1v) is 12.5. The van der Waals surface area contributed by atoms with Crippen LogP contribution in [0.5, 0.6) is 0 Å². The highest BCUT2D eigenvalue weighted by Gasteiger charge is 2.77. The van der Waals surface area contributed by atoms with E-state index in [0.29, 0.717) is 12.9 Å². The topological polar surface area (TPSA) is 110 Å². The van der Waals surface area contributed by atoms with Crippen LogP contribution in [0.4, 0.5) is 8.78 Å². The highest BCUT2D eigenvalue weighted by atomic mass is 19.1. The molecule has 0 spiro atoms. The van der Waals surface area contributed by atoms with Crippen LogP contribution < -0.4 is 0 Å². The van der Waals surface area contributed by atoms with E-state index < -0.39 is 63.9 Å². The smallest absolute Gasteiger partial charge is 0.336 e. The molecule has 0 bridgehead atoms. The highest BCUT2D eigenvalue weighted by Crippen LogP contribution is 2.71. The van der Waals surface area contributed by atoms with Crippen LogP contribution in [-0.4, -0.2) is 65.2 Å². The van der Waals surface area contributed by atoms with Gasteiger partial charge in [-0.3, -0.25) is 9.59 Å². The number of ketones is 1. The van der Waals surface area contributed by atoms with Gasteiger partial charge in [0.1, 0.15) is 6.17 Å². The van der Waals surface area contributed by atoms with Gasteiger partial charge in [-0.25, -0.2) is 13.6 Å². The van der Waals surface area contributed by atoms with Crippen molar-refractivity contribution in [2.24, 2.45) is 28.6 Å². The second kappa shape index (κ2) is 9.63. The number of carbonyl (C=O) groups excluding carboxylic acids is 2. The van der Waals surface area contributed by atoms with Crippen LogP contribution in [0, 0.1) is 28.6 Å². The van der Waals surface area contributed by atoms with E-state index >= 15 is 8.78 Å². The standard InChI is InChI=1S/C22H28F2O5.C5H10O2/c1-11-7-13-14-9-16(23)15-8-12(25)5-6-19(15,2)21(14,24)17(26)10-20(13,3)22(11,29-4)18(27)28;1-3-5(2)7-4-6/h5-6,8,11,13-14,16-17,26H,7,9-10H2,1-4H3,(H,27,28);4-5H,3H2,1-2H3/t11-,13?,14+,16+,17+,19+,20+,21+,22+;/m1./s1. The largest absolute Gasteiger partial charge is 0.479 e. The first kappa shape index (κ1) is 28.4. The number of fused-ring (bicyclic) bond motifs is 5. The third kappa shape index (κ3) is 3.68. The maximum Gasteiger partial charge on any atom is 0.336 e.